The summed E-state index contributed by atoms with van der Waals surface area (Å²) in [5.74, 6) is -1.95. The molecule has 2 atom stereocenters. The van der Waals surface area contributed by atoms with Gasteiger partial charge >= 0.3 is 11.9 Å². The third kappa shape index (κ3) is 4.19. The number of benzene rings is 1. The van der Waals surface area contributed by atoms with Crippen LogP contribution in [0.3, 0.4) is 0 Å². The standard InChI is InChI=1S/C22H30N2O8/c1-6-31-21(26)18(22(27)32-7-2)19-14(12-23-9-8-17(25)24(19)23)13-10-15(28-3)20(30-5)16(11-13)29-4/h10-11,14,18-19H,6-9,12H2,1-5H3/t14-,19+/m1/s1. The minimum atomic E-state index is -1.29. The molecular formula is C22H30N2O8. The lowest BCUT2D eigenvalue weighted by atomic mass is 9.83. The molecule has 0 aromatic heterocycles. The predicted octanol–water partition coefficient (Wildman–Crippen LogP) is 1.37. The minimum absolute atomic E-state index is 0.105. The van der Waals surface area contributed by atoms with Crippen molar-refractivity contribution in [3.05, 3.63) is 17.7 Å². The Balaban J connectivity index is 2.12. The van der Waals surface area contributed by atoms with E-state index >= 15 is 0 Å². The van der Waals surface area contributed by atoms with E-state index in [-0.39, 0.29) is 19.1 Å². The van der Waals surface area contributed by atoms with Crippen LogP contribution in [0.15, 0.2) is 12.1 Å². The Kier molecular flexibility index (Phi) is 7.44. The fraction of sp³-hybridized carbons (Fsp3) is 0.591. The van der Waals surface area contributed by atoms with Crippen LogP contribution in [0.2, 0.25) is 0 Å². The summed E-state index contributed by atoms with van der Waals surface area (Å²) in [7, 11) is 4.54. The number of esters is 2. The van der Waals surface area contributed by atoms with E-state index < -0.39 is 29.8 Å². The van der Waals surface area contributed by atoms with Crippen LogP contribution in [0, 0.1) is 5.92 Å². The molecule has 2 fully saturated rings. The lowest BCUT2D eigenvalue weighted by Gasteiger charge is -2.31. The first-order valence-electron chi connectivity index (χ1n) is 10.6. The summed E-state index contributed by atoms with van der Waals surface area (Å²) in [6.07, 6.45) is 0.316. The minimum Gasteiger partial charge on any atom is -0.493 e. The molecule has 2 aliphatic rings. The first kappa shape index (κ1) is 23.6. The van der Waals surface area contributed by atoms with Gasteiger partial charge in [0.05, 0.1) is 40.6 Å². The second-order valence-corrected chi connectivity index (χ2v) is 7.44. The molecule has 0 unspecified atom stereocenters. The largest absolute Gasteiger partial charge is 0.493 e. The quantitative estimate of drug-likeness (QED) is 0.407. The summed E-state index contributed by atoms with van der Waals surface area (Å²) < 4.78 is 26.8. The van der Waals surface area contributed by atoms with Gasteiger partial charge in [-0.2, -0.15) is 0 Å². The maximum atomic E-state index is 12.9. The van der Waals surface area contributed by atoms with Crippen LogP contribution in [-0.4, -0.2) is 81.5 Å². The Bertz CT molecular complexity index is 830. The molecule has 1 aromatic rings. The summed E-state index contributed by atoms with van der Waals surface area (Å²) >= 11 is 0. The van der Waals surface area contributed by atoms with Gasteiger partial charge in [-0.05, 0) is 31.5 Å². The van der Waals surface area contributed by atoms with Crippen LogP contribution in [-0.2, 0) is 23.9 Å². The highest BCUT2D eigenvalue weighted by Crippen LogP contribution is 2.45. The Morgan fingerprint density at radius 1 is 1.00 bits per heavy atom. The molecule has 2 saturated heterocycles. The van der Waals surface area contributed by atoms with Crippen LogP contribution in [0.5, 0.6) is 17.2 Å². The maximum Gasteiger partial charge on any atom is 0.322 e. The molecule has 10 nitrogen and oxygen atoms in total. The first-order chi connectivity index (χ1) is 15.4. The summed E-state index contributed by atoms with van der Waals surface area (Å²) in [6, 6.07) is 2.76. The van der Waals surface area contributed by atoms with Gasteiger partial charge in [-0.1, -0.05) is 0 Å². The van der Waals surface area contributed by atoms with Crippen LogP contribution in [0.25, 0.3) is 0 Å². The maximum absolute atomic E-state index is 12.9. The van der Waals surface area contributed by atoms with Gasteiger partial charge in [0.2, 0.25) is 11.7 Å². The van der Waals surface area contributed by atoms with Crippen LogP contribution >= 0.6 is 0 Å². The van der Waals surface area contributed by atoms with E-state index in [1.54, 1.807) is 26.0 Å². The Morgan fingerprint density at radius 2 is 1.56 bits per heavy atom. The Labute approximate surface area is 187 Å². The van der Waals surface area contributed by atoms with Gasteiger partial charge < -0.3 is 23.7 Å². The Hall–Kier alpha value is -3.01. The Morgan fingerprint density at radius 3 is 2.03 bits per heavy atom. The highest BCUT2D eigenvalue weighted by Gasteiger charge is 2.55. The molecule has 0 bridgehead atoms. The predicted molar refractivity (Wildman–Crippen MR) is 112 cm³/mol. The molecule has 0 aliphatic carbocycles. The van der Waals surface area contributed by atoms with Gasteiger partial charge in [0.1, 0.15) is 0 Å². The second kappa shape index (κ2) is 10.1. The zero-order chi connectivity index (χ0) is 23.4. The van der Waals surface area contributed by atoms with Gasteiger partial charge in [0, 0.05) is 25.4 Å². The van der Waals surface area contributed by atoms with Gasteiger partial charge in [-0.25, -0.2) is 5.01 Å². The van der Waals surface area contributed by atoms with Gasteiger partial charge in [0.25, 0.3) is 0 Å². The summed E-state index contributed by atoms with van der Waals surface area (Å²) in [4.78, 5) is 38.6. The number of nitrogens with zero attached hydrogens (tertiary/aromatic N) is 2. The highest BCUT2D eigenvalue weighted by molar-refractivity contribution is 5.97. The third-order valence-electron chi connectivity index (χ3n) is 5.78. The van der Waals surface area contributed by atoms with Crippen molar-refractivity contribution in [1.29, 1.82) is 0 Å². The number of hydrogen-bond acceptors (Lipinski definition) is 9. The average molecular weight is 450 g/mol. The fourth-order valence-corrected chi connectivity index (χ4v) is 4.47. The van der Waals surface area contributed by atoms with Gasteiger partial charge in [-0.3, -0.25) is 19.4 Å². The highest BCUT2D eigenvalue weighted by atomic mass is 16.6. The second-order valence-electron chi connectivity index (χ2n) is 7.44. The number of rotatable bonds is 9. The van der Waals surface area contributed by atoms with Crippen molar-refractivity contribution in [2.24, 2.45) is 5.92 Å². The zero-order valence-electron chi connectivity index (χ0n) is 19.1. The molecule has 2 aliphatic heterocycles. The lowest BCUT2D eigenvalue weighted by molar-refractivity contribution is -0.167. The summed E-state index contributed by atoms with van der Waals surface area (Å²) in [6.45, 7) is 4.48. The lowest BCUT2D eigenvalue weighted by Crippen LogP contribution is -2.49. The van der Waals surface area contributed by atoms with E-state index in [4.69, 9.17) is 23.7 Å². The molecule has 0 saturated carbocycles. The smallest absolute Gasteiger partial charge is 0.322 e. The van der Waals surface area contributed by atoms with Crippen molar-refractivity contribution in [3.8, 4) is 17.2 Å². The fourth-order valence-electron chi connectivity index (χ4n) is 4.47. The molecule has 0 N–H and O–H groups in total. The topological polar surface area (TPSA) is 104 Å². The number of carbonyl (C=O) groups excluding carboxylic acids is 3. The number of hydrazine groups is 1. The van der Waals surface area contributed by atoms with Crippen molar-refractivity contribution < 1.29 is 38.1 Å². The molecule has 0 spiro atoms. The first-order valence-corrected chi connectivity index (χ1v) is 10.6. The molecule has 176 valence electrons. The number of fused-ring (bicyclic) bond motifs is 1. The molecule has 10 heteroatoms. The van der Waals surface area contributed by atoms with E-state index in [1.807, 2.05) is 5.01 Å². The number of ether oxygens (including phenoxy) is 5. The van der Waals surface area contributed by atoms with Crippen molar-refractivity contribution in [3.63, 3.8) is 0 Å². The van der Waals surface area contributed by atoms with Crippen LogP contribution < -0.4 is 14.2 Å². The van der Waals surface area contributed by atoms with E-state index in [2.05, 4.69) is 0 Å². The van der Waals surface area contributed by atoms with Gasteiger partial charge in [0.15, 0.2) is 17.4 Å². The van der Waals surface area contributed by atoms with Crippen molar-refractivity contribution >= 4 is 17.8 Å². The van der Waals surface area contributed by atoms with Crippen LogP contribution in [0.1, 0.15) is 31.7 Å². The molecule has 1 aromatic carbocycles. The molecule has 2 heterocycles. The SMILES string of the molecule is CCOC(=O)C(C(=O)OCC)[C@@H]1[C@@H](c2cc(OC)c(OC)c(OC)c2)CN2CCC(=O)N12. The van der Waals surface area contributed by atoms with Crippen molar-refractivity contribution in [2.45, 2.75) is 32.2 Å². The number of hydrogen-bond donors (Lipinski definition) is 0. The van der Waals surface area contributed by atoms with Crippen molar-refractivity contribution in [1.82, 2.24) is 10.0 Å². The number of amides is 1. The van der Waals surface area contributed by atoms with E-state index in [9.17, 15) is 14.4 Å². The molecule has 0 radical (unpaired) electrons. The molecule has 3 rings (SSSR count). The third-order valence-corrected chi connectivity index (χ3v) is 5.78. The molecule has 1 amide bonds. The van der Waals surface area contributed by atoms with E-state index in [0.29, 0.717) is 36.8 Å². The average Bonchev–Trinajstić information content (AvgIpc) is 3.33. The van der Waals surface area contributed by atoms with E-state index in [1.165, 1.54) is 26.3 Å². The molecular weight excluding hydrogens is 420 g/mol. The number of carbonyl (C=O) groups is 3. The monoisotopic (exact) mass is 450 g/mol. The normalized spacial score (nSPS) is 20.3. The molecule has 32 heavy (non-hydrogen) atoms. The summed E-state index contributed by atoms with van der Waals surface area (Å²) in [5.41, 5.74) is 0.741. The van der Waals surface area contributed by atoms with E-state index in [0.717, 1.165) is 5.56 Å². The zero-order valence-corrected chi connectivity index (χ0v) is 19.1. The number of methoxy groups -OCH3 is 3. The van der Waals surface area contributed by atoms with Crippen LogP contribution in [0.4, 0.5) is 0 Å². The van der Waals surface area contributed by atoms with Gasteiger partial charge in [-0.15, -0.1) is 0 Å². The van der Waals surface area contributed by atoms with Crippen molar-refractivity contribution in [2.75, 3.05) is 47.6 Å². The summed E-state index contributed by atoms with van der Waals surface area (Å²) in [5, 5.41) is 3.39.